The van der Waals surface area contributed by atoms with Gasteiger partial charge in [-0.2, -0.15) is 0 Å². The molecule has 1 heterocycles. The van der Waals surface area contributed by atoms with Crippen molar-refractivity contribution in [1.82, 2.24) is 4.98 Å². The van der Waals surface area contributed by atoms with E-state index >= 15 is 0 Å². The van der Waals surface area contributed by atoms with Crippen LogP contribution in [0.3, 0.4) is 0 Å². The highest BCUT2D eigenvalue weighted by atomic mass is 19.1. The molecule has 2 rings (SSSR count). The molecule has 1 aromatic carbocycles. The van der Waals surface area contributed by atoms with E-state index in [1.165, 1.54) is 6.07 Å². The molecule has 1 unspecified atom stereocenters. The Balaban J connectivity index is 2.36. The molecule has 0 fully saturated rings. The van der Waals surface area contributed by atoms with Crippen LogP contribution in [-0.2, 0) is 0 Å². The highest BCUT2D eigenvalue weighted by Crippen LogP contribution is 2.21. The summed E-state index contributed by atoms with van der Waals surface area (Å²) in [5, 5.41) is 0. The van der Waals surface area contributed by atoms with Gasteiger partial charge in [0, 0.05) is 12.4 Å². The topological polar surface area (TPSA) is 38.9 Å². The second-order valence-corrected chi connectivity index (χ2v) is 4.28. The number of benzene rings is 1. The Labute approximate surface area is 100 Å². The minimum atomic E-state index is -0.336. The second-order valence-electron chi connectivity index (χ2n) is 4.28. The standard InChI is InChI=1S/C14H15FN2/c1-9-5-12(8-17-7-9)14(16)11-4-3-10(2)13(15)6-11/h3-8,14H,16H2,1-2H3. The van der Waals surface area contributed by atoms with Gasteiger partial charge in [0.15, 0.2) is 0 Å². The van der Waals surface area contributed by atoms with Crippen LogP contribution >= 0.6 is 0 Å². The second kappa shape index (κ2) is 4.63. The Bertz CT molecular complexity index is 537. The van der Waals surface area contributed by atoms with E-state index in [1.807, 2.05) is 19.1 Å². The molecule has 17 heavy (non-hydrogen) atoms. The van der Waals surface area contributed by atoms with Gasteiger partial charge in [-0.3, -0.25) is 4.98 Å². The third-order valence-electron chi connectivity index (χ3n) is 2.81. The largest absolute Gasteiger partial charge is 0.320 e. The number of aromatic nitrogens is 1. The molecule has 0 saturated heterocycles. The molecule has 3 heteroatoms. The summed E-state index contributed by atoms with van der Waals surface area (Å²) in [6.45, 7) is 3.69. The number of hydrogen-bond donors (Lipinski definition) is 1. The first-order valence-electron chi connectivity index (χ1n) is 5.51. The van der Waals surface area contributed by atoms with Gasteiger partial charge >= 0.3 is 0 Å². The summed E-state index contributed by atoms with van der Waals surface area (Å²) < 4.78 is 13.5. The maximum Gasteiger partial charge on any atom is 0.126 e. The van der Waals surface area contributed by atoms with Gasteiger partial charge in [0.25, 0.3) is 0 Å². The third kappa shape index (κ3) is 2.50. The predicted octanol–water partition coefficient (Wildman–Crippen LogP) is 2.89. The van der Waals surface area contributed by atoms with Crippen LogP contribution in [0, 0.1) is 19.7 Å². The molecule has 0 aliphatic carbocycles. The molecule has 0 saturated carbocycles. The number of pyridine rings is 1. The van der Waals surface area contributed by atoms with Crippen LogP contribution in [0.25, 0.3) is 0 Å². The summed E-state index contributed by atoms with van der Waals surface area (Å²) in [5.74, 6) is -0.224. The fourth-order valence-electron chi connectivity index (χ4n) is 1.74. The summed E-state index contributed by atoms with van der Waals surface area (Å²) in [6, 6.07) is 6.72. The smallest absolute Gasteiger partial charge is 0.126 e. The van der Waals surface area contributed by atoms with Crippen LogP contribution in [0.2, 0.25) is 0 Å². The monoisotopic (exact) mass is 230 g/mol. The number of rotatable bonds is 2. The number of halogens is 1. The van der Waals surface area contributed by atoms with Crippen LogP contribution in [0.15, 0.2) is 36.7 Å². The molecule has 0 radical (unpaired) electrons. The molecule has 0 aliphatic rings. The minimum Gasteiger partial charge on any atom is -0.320 e. The summed E-state index contributed by atoms with van der Waals surface area (Å²) >= 11 is 0. The lowest BCUT2D eigenvalue weighted by Gasteiger charge is -2.13. The quantitative estimate of drug-likeness (QED) is 0.861. The first-order valence-corrected chi connectivity index (χ1v) is 5.51. The van der Waals surface area contributed by atoms with E-state index in [2.05, 4.69) is 4.98 Å². The fourth-order valence-corrected chi connectivity index (χ4v) is 1.74. The third-order valence-corrected chi connectivity index (χ3v) is 2.81. The van der Waals surface area contributed by atoms with Crippen molar-refractivity contribution in [2.24, 2.45) is 5.73 Å². The van der Waals surface area contributed by atoms with Gasteiger partial charge in [0.1, 0.15) is 5.82 Å². The van der Waals surface area contributed by atoms with Crippen LogP contribution in [0.5, 0.6) is 0 Å². The van der Waals surface area contributed by atoms with Crippen molar-refractivity contribution in [1.29, 1.82) is 0 Å². The first-order chi connectivity index (χ1) is 8.08. The van der Waals surface area contributed by atoms with Crippen LogP contribution in [0.4, 0.5) is 4.39 Å². The van der Waals surface area contributed by atoms with Gasteiger partial charge in [0.05, 0.1) is 6.04 Å². The van der Waals surface area contributed by atoms with E-state index in [4.69, 9.17) is 5.73 Å². The number of aryl methyl sites for hydroxylation is 2. The molecule has 2 nitrogen and oxygen atoms in total. The van der Waals surface area contributed by atoms with E-state index < -0.39 is 0 Å². The number of hydrogen-bond acceptors (Lipinski definition) is 2. The van der Waals surface area contributed by atoms with Crippen molar-refractivity contribution in [3.05, 3.63) is 64.7 Å². The average Bonchev–Trinajstić information content (AvgIpc) is 2.32. The molecule has 0 amide bonds. The summed E-state index contributed by atoms with van der Waals surface area (Å²) in [6.07, 6.45) is 3.49. The zero-order valence-electron chi connectivity index (χ0n) is 9.94. The molecule has 88 valence electrons. The molecule has 2 N–H and O–H groups in total. The van der Waals surface area contributed by atoms with Crippen molar-refractivity contribution >= 4 is 0 Å². The molecule has 0 aliphatic heterocycles. The number of nitrogens with two attached hydrogens (primary N) is 1. The molecular formula is C14H15FN2. The Morgan fingerprint density at radius 3 is 2.53 bits per heavy atom. The molecule has 1 aromatic heterocycles. The van der Waals surface area contributed by atoms with Crippen molar-refractivity contribution in [3.8, 4) is 0 Å². The minimum absolute atomic E-state index is 0.224. The predicted molar refractivity (Wildman–Crippen MR) is 66.1 cm³/mol. The van der Waals surface area contributed by atoms with E-state index in [0.29, 0.717) is 5.56 Å². The lowest BCUT2D eigenvalue weighted by Crippen LogP contribution is -2.12. The van der Waals surface area contributed by atoms with E-state index in [1.54, 1.807) is 25.4 Å². The van der Waals surface area contributed by atoms with Crippen LogP contribution in [-0.4, -0.2) is 4.98 Å². The summed E-state index contributed by atoms with van der Waals surface area (Å²) in [5.41, 5.74) is 9.43. The van der Waals surface area contributed by atoms with E-state index in [0.717, 1.165) is 16.7 Å². The SMILES string of the molecule is Cc1cncc(C(N)c2ccc(C)c(F)c2)c1. The Hall–Kier alpha value is -1.74. The Kier molecular flexibility index (Phi) is 3.20. The van der Waals surface area contributed by atoms with Crippen molar-refractivity contribution < 1.29 is 4.39 Å². The van der Waals surface area contributed by atoms with Gasteiger partial charge < -0.3 is 5.73 Å². The first kappa shape index (κ1) is 11.7. The normalized spacial score (nSPS) is 12.5. The highest BCUT2D eigenvalue weighted by Gasteiger charge is 2.11. The highest BCUT2D eigenvalue weighted by molar-refractivity contribution is 5.33. The summed E-state index contributed by atoms with van der Waals surface area (Å²) in [7, 11) is 0. The Morgan fingerprint density at radius 2 is 1.88 bits per heavy atom. The lowest BCUT2D eigenvalue weighted by atomic mass is 9.99. The van der Waals surface area contributed by atoms with Gasteiger partial charge in [-0.05, 0) is 42.2 Å². The maximum atomic E-state index is 13.5. The number of nitrogens with zero attached hydrogens (tertiary/aromatic N) is 1. The maximum absolute atomic E-state index is 13.5. The molecule has 0 spiro atoms. The summed E-state index contributed by atoms with van der Waals surface area (Å²) in [4.78, 5) is 4.10. The molecule has 2 aromatic rings. The van der Waals surface area contributed by atoms with Crippen molar-refractivity contribution in [3.63, 3.8) is 0 Å². The molecular weight excluding hydrogens is 215 g/mol. The van der Waals surface area contributed by atoms with Gasteiger partial charge in [-0.25, -0.2) is 4.39 Å². The average molecular weight is 230 g/mol. The van der Waals surface area contributed by atoms with Crippen molar-refractivity contribution in [2.75, 3.05) is 0 Å². The van der Waals surface area contributed by atoms with E-state index in [-0.39, 0.29) is 11.9 Å². The lowest BCUT2D eigenvalue weighted by molar-refractivity contribution is 0.614. The molecule has 0 bridgehead atoms. The fraction of sp³-hybridized carbons (Fsp3) is 0.214. The van der Waals surface area contributed by atoms with Crippen LogP contribution in [0.1, 0.15) is 28.3 Å². The Morgan fingerprint density at radius 1 is 1.12 bits per heavy atom. The zero-order chi connectivity index (χ0) is 12.4. The van der Waals surface area contributed by atoms with Gasteiger partial charge in [0.2, 0.25) is 0 Å². The van der Waals surface area contributed by atoms with Gasteiger partial charge in [-0.1, -0.05) is 18.2 Å². The molecule has 1 atom stereocenters. The van der Waals surface area contributed by atoms with Crippen molar-refractivity contribution in [2.45, 2.75) is 19.9 Å². The van der Waals surface area contributed by atoms with Crippen LogP contribution < -0.4 is 5.73 Å². The van der Waals surface area contributed by atoms with Gasteiger partial charge in [-0.15, -0.1) is 0 Å². The van der Waals surface area contributed by atoms with E-state index in [9.17, 15) is 4.39 Å². The zero-order valence-corrected chi connectivity index (χ0v) is 9.94.